The zero-order valence-corrected chi connectivity index (χ0v) is 11.3. The fourth-order valence-corrected chi connectivity index (χ4v) is 2.88. The zero-order valence-electron chi connectivity index (χ0n) is 10.5. The molecule has 6 heteroatoms. The average Bonchev–Trinajstić information content (AvgIpc) is 2.84. The summed E-state index contributed by atoms with van der Waals surface area (Å²) in [7, 11) is 0. The molecule has 5 nitrogen and oxygen atoms in total. The van der Waals surface area contributed by atoms with Crippen LogP contribution < -0.4 is 0 Å². The van der Waals surface area contributed by atoms with Gasteiger partial charge in [0.15, 0.2) is 5.69 Å². The molecular weight excluding hydrogens is 262 g/mol. The van der Waals surface area contributed by atoms with Crippen molar-refractivity contribution in [2.75, 3.05) is 6.54 Å². The van der Waals surface area contributed by atoms with E-state index in [1.807, 2.05) is 6.07 Å². The fraction of sp³-hybridized carbons (Fsp3) is 0.308. The lowest BCUT2D eigenvalue weighted by Crippen LogP contribution is -2.36. The number of aromatic nitrogens is 2. The van der Waals surface area contributed by atoms with Crippen LogP contribution in [0.25, 0.3) is 0 Å². The Labute approximate surface area is 114 Å². The van der Waals surface area contributed by atoms with Crippen molar-refractivity contribution in [3.8, 4) is 5.75 Å². The molecule has 0 aliphatic carbocycles. The number of fused-ring (bicyclic) bond motifs is 1. The van der Waals surface area contributed by atoms with Crippen LogP contribution >= 0.6 is 11.7 Å². The summed E-state index contributed by atoms with van der Waals surface area (Å²) in [6.45, 7) is 2.90. The summed E-state index contributed by atoms with van der Waals surface area (Å²) in [4.78, 5) is 14.1. The van der Waals surface area contributed by atoms with Crippen molar-refractivity contribution in [2.24, 2.45) is 0 Å². The van der Waals surface area contributed by atoms with Crippen LogP contribution in [0.3, 0.4) is 0 Å². The van der Waals surface area contributed by atoms with E-state index in [2.05, 4.69) is 8.75 Å². The quantitative estimate of drug-likeness (QED) is 0.861. The second-order valence-corrected chi connectivity index (χ2v) is 5.12. The van der Waals surface area contributed by atoms with Gasteiger partial charge in [0.25, 0.3) is 5.91 Å². The molecule has 0 fully saturated rings. The van der Waals surface area contributed by atoms with Crippen LogP contribution in [0.1, 0.15) is 27.3 Å². The minimum Gasteiger partial charge on any atom is -0.508 e. The van der Waals surface area contributed by atoms with Gasteiger partial charge in [-0.15, -0.1) is 0 Å². The highest BCUT2D eigenvalue weighted by Crippen LogP contribution is 2.27. The van der Waals surface area contributed by atoms with Gasteiger partial charge in [0.2, 0.25) is 0 Å². The first-order chi connectivity index (χ1) is 9.16. The Morgan fingerprint density at radius 1 is 1.42 bits per heavy atom. The molecule has 1 N–H and O–H groups in total. The molecule has 0 saturated carbocycles. The van der Waals surface area contributed by atoms with Gasteiger partial charge in [-0.05, 0) is 25.0 Å². The van der Waals surface area contributed by atoms with Crippen molar-refractivity contribution in [3.63, 3.8) is 0 Å². The number of nitrogens with zero attached hydrogens (tertiary/aromatic N) is 3. The predicted octanol–water partition coefficient (Wildman–Crippen LogP) is 1.75. The molecule has 19 heavy (non-hydrogen) atoms. The van der Waals surface area contributed by atoms with Gasteiger partial charge >= 0.3 is 0 Å². The molecule has 0 bridgehead atoms. The number of phenolic OH excluding ortho intramolecular Hbond substituents is 1. The van der Waals surface area contributed by atoms with Gasteiger partial charge in [-0.25, -0.2) is 0 Å². The minimum absolute atomic E-state index is 0.0831. The Bertz CT molecular complexity index is 639. The Morgan fingerprint density at radius 3 is 3.00 bits per heavy atom. The van der Waals surface area contributed by atoms with E-state index >= 15 is 0 Å². The molecule has 1 amide bonds. The molecule has 0 spiro atoms. The van der Waals surface area contributed by atoms with Gasteiger partial charge in [0.05, 0.1) is 17.4 Å². The normalized spacial score (nSPS) is 14.3. The second kappa shape index (κ2) is 4.62. The summed E-state index contributed by atoms with van der Waals surface area (Å²) in [5, 5.41) is 9.79. The maximum absolute atomic E-state index is 12.3. The predicted molar refractivity (Wildman–Crippen MR) is 71.2 cm³/mol. The molecule has 2 aromatic rings. The third-order valence-corrected chi connectivity index (χ3v) is 4.00. The lowest BCUT2D eigenvalue weighted by Gasteiger charge is -2.28. The van der Waals surface area contributed by atoms with Crippen LogP contribution in [-0.4, -0.2) is 31.2 Å². The van der Waals surface area contributed by atoms with Crippen LogP contribution in [0.15, 0.2) is 18.2 Å². The molecule has 0 unspecified atom stereocenters. The first-order valence-electron chi connectivity index (χ1n) is 6.05. The zero-order chi connectivity index (χ0) is 13.4. The van der Waals surface area contributed by atoms with Gasteiger partial charge in [0.1, 0.15) is 5.75 Å². The third kappa shape index (κ3) is 2.08. The molecule has 2 heterocycles. The lowest BCUT2D eigenvalue weighted by molar-refractivity contribution is 0.0728. The standard InChI is InChI=1S/C13H13N3O2S/c1-8-12(15-19-14-8)13(18)16-6-5-10-9(7-16)3-2-4-11(10)17/h2-4,17H,5-7H2,1H3. The molecule has 0 atom stereocenters. The van der Waals surface area contributed by atoms with Crippen LogP contribution in [0.2, 0.25) is 0 Å². The van der Waals surface area contributed by atoms with Crippen molar-refractivity contribution in [1.82, 2.24) is 13.6 Å². The van der Waals surface area contributed by atoms with Gasteiger partial charge in [-0.1, -0.05) is 12.1 Å². The van der Waals surface area contributed by atoms with Crippen molar-refractivity contribution in [2.45, 2.75) is 19.9 Å². The number of hydrogen-bond acceptors (Lipinski definition) is 5. The number of benzene rings is 1. The summed E-state index contributed by atoms with van der Waals surface area (Å²) in [5.41, 5.74) is 3.06. The number of phenols is 1. The molecule has 3 rings (SSSR count). The van der Waals surface area contributed by atoms with Crippen LogP contribution in [0.5, 0.6) is 5.75 Å². The number of rotatable bonds is 1. The third-order valence-electron chi connectivity index (χ3n) is 3.38. The molecule has 1 aliphatic rings. The van der Waals surface area contributed by atoms with E-state index in [4.69, 9.17) is 0 Å². The maximum Gasteiger partial charge on any atom is 0.275 e. The highest BCUT2D eigenvalue weighted by atomic mass is 32.1. The van der Waals surface area contributed by atoms with Gasteiger partial charge in [-0.2, -0.15) is 8.75 Å². The van der Waals surface area contributed by atoms with Crippen molar-refractivity contribution < 1.29 is 9.90 Å². The van der Waals surface area contributed by atoms with E-state index in [1.54, 1.807) is 24.0 Å². The molecule has 0 radical (unpaired) electrons. The van der Waals surface area contributed by atoms with Crippen molar-refractivity contribution in [1.29, 1.82) is 0 Å². The number of carbonyl (C=O) groups excluding carboxylic acids is 1. The Balaban J connectivity index is 1.87. The molecular formula is C13H13N3O2S. The second-order valence-electron chi connectivity index (χ2n) is 4.59. The van der Waals surface area contributed by atoms with E-state index in [0.29, 0.717) is 36.6 Å². The van der Waals surface area contributed by atoms with Crippen LogP contribution in [0.4, 0.5) is 0 Å². The van der Waals surface area contributed by atoms with E-state index < -0.39 is 0 Å². The topological polar surface area (TPSA) is 66.3 Å². The van der Waals surface area contributed by atoms with Crippen LogP contribution in [0, 0.1) is 6.92 Å². The lowest BCUT2D eigenvalue weighted by atomic mass is 9.98. The minimum atomic E-state index is -0.0831. The van der Waals surface area contributed by atoms with Crippen molar-refractivity contribution in [3.05, 3.63) is 40.7 Å². The first kappa shape index (κ1) is 12.1. The molecule has 1 aromatic heterocycles. The summed E-state index contributed by atoms with van der Waals surface area (Å²) in [6.07, 6.45) is 0.671. The number of carbonyl (C=O) groups is 1. The van der Waals surface area contributed by atoms with E-state index in [1.165, 1.54) is 0 Å². The first-order valence-corrected chi connectivity index (χ1v) is 6.78. The number of aromatic hydroxyl groups is 1. The van der Waals surface area contributed by atoms with Gasteiger partial charge in [-0.3, -0.25) is 4.79 Å². The van der Waals surface area contributed by atoms with Crippen LogP contribution in [-0.2, 0) is 13.0 Å². The van der Waals surface area contributed by atoms with Gasteiger partial charge in [0, 0.05) is 18.7 Å². The smallest absolute Gasteiger partial charge is 0.275 e. The fourth-order valence-electron chi connectivity index (χ4n) is 2.34. The molecule has 98 valence electrons. The largest absolute Gasteiger partial charge is 0.508 e. The Kier molecular flexibility index (Phi) is 2.94. The molecule has 1 aromatic carbocycles. The SMILES string of the molecule is Cc1nsnc1C(=O)N1CCc2c(O)cccc2C1. The van der Waals surface area contributed by atoms with Gasteiger partial charge < -0.3 is 10.0 Å². The Morgan fingerprint density at radius 2 is 2.26 bits per heavy atom. The van der Waals surface area contributed by atoms with E-state index in [0.717, 1.165) is 22.9 Å². The monoisotopic (exact) mass is 275 g/mol. The number of amides is 1. The summed E-state index contributed by atoms with van der Waals surface area (Å²) in [6, 6.07) is 5.43. The highest BCUT2D eigenvalue weighted by Gasteiger charge is 2.25. The van der Waals surface area contributed by atoms with E-state index in [9.17, 15) is 9.90 Å². The van der Waals surface area contributed by atoms with Crippen molar-refractivity contribution >= 4 is 17.6 Å². The highest BCUT2D eigenvalue weighted by molar-refractivity contribution is 6.99. The summed E-state index contributed by atoms with van der Waals surface area (Å²) >= 11 is 1.06. The number of hydrogen-bond donors (Lipinski definition) is 1. The number of aryl methyl sites for hydroxylation is 1. The van der Waals surface area contributed by atoms with E-state index in [-0.39, 0.29) is 5.91 Å². The summed E-state index contributed by atoms with van der Waals surface area (Å²) < 4.78 is 8.09. The molecule has 1 aliphatic heterocycles. The molecule has 0 saturated heterocycles. The maximum atomic E-state index is 12.3. The Hall–Kier alpha value is -1.95. The average molecular weight is 275 g/mol. The summed E-state index contributed by atoms with van der Waals surface area (Å²) in [5.74, 6) is 0.233.